The van der Waals surface area contributed by atoms with E-state index in [9.17, 15) is 14.4 Å². The van der Waals surface area contributed by atoms with E-state index in [-0.39, 0.29) is 24.8 Å². The van der Waals surface area contributed by atoms with E-state index in [0.717, 1.165) is 10.0 Å². The Morgan fingerprint density at radius 1 is 1.24 bits per heavy atom. The van der Waals surface area contributed by atoms with Crippen LogP contribution in [0.1, 0.15) is 12.5 Å². The lowest BCUT2D eigenvalue weighted by Crippen LogP contribution is -2.62. The van der Waals surface area contributed by atoms with Gasteiger partial charge >= 0.3 is 10.8 Å². The molecule has 2 aliphatic rings. The Kier molecular flexibility index (Phi) is 4.88. The molecule has 9 heteroatoms. The lowest BCUT2D eigenvalue weighted by molar-refractivity contribution is -0.521. The number of aliphatic imine (C=N–C) groups is 1. The number of amides is 3. The molecule has 3 amide bonds. The highest BCUT2D eigenvalue weighted by molar-refractivity contribution is 9.18. The van der Waals surface area contributed by atoms with Crippen LogP contribution in [0.15, 0.2) is 33.7 Å². The summed E-state index contributed by atoms with van der Waals surface area (Å²) in [6.45, 7) is 1.64. The van der Waals surface area contributed by atoms with Crippen LogP contribution in [0.5, 0.6) is 0 Å². The summed E-state index contributed by atoms with van der Waals surface area (Å²) in [6, 6.07) is 6.18. The second-order valence-electron chi connectivity index (χ2n) is 5.86. The number of hydrogen-bond donors (Lipinski definition) is 0. The molecule has 0 bridgehead atoms. The highest BCUT2D eigenvalue weighted by Crippen LogP contribution is 2.23. The molecule has 25 heavy (non-hydrogen) atoms. The van der Waals surface area contributed by atoms with E-state index in [2.05, 4.69) is 36.9 Å². The largest absolute Gasteiger partial charge is 0.365 e. The molecule has 1 saturated heterocycles. The topological polar surface area (TPSA) is 73.1 Å². The maximum atomic E-state index is 13.0. The first kappa shape index (κ1) is 17.9. The molecule has 1 fully saturated rings. The van der Waals surface area contributed by atoms with Gasteiger partial charge in [0.05, 0.1) is 22.5 Å². The number of ketones is 1. The number of urea groups is 1. The van der Waals surface area contributed by atoms with E-state index in [4.69, 9.17) is 0 Å². The molecule has 0 radical (unpaired) electrons. The monoisotopic (exact) mass is 469 g/mol. The van der Waals surface area contributed by atoms with Crippen LogP contribution in [0.4, 0.5) is 4.79 Å². The Balaban J connectivity index is 1.92. The van der Waals surface area contributed by atoms with E-state index >= 15 is 0 Å². The number of Topliss-reactive ketones (excluding diaryl/α,β-unsaturated/α-hetero) is 1. The fourth-order valence-corrected chi connectivity index (χ4v) is 3.58. The number of carbonyl (C=O) groups excluding carboxylic acids is 3. The van der Waals surface area contributed by atoms with Crippen molar-refractivity contribution in [3.05, 3.63) is 34.3 Å². The minimum Gasteiger partial charge on any atom is -0.296 e. The predicted octanol–water partition coefficient (Wildman–Crippen LogP) is 1.98. The van der Waals surface area contributed by atoms with Gasteiger partial charge in [-0.05, 0) is 29.6 Å². The van der Waals surface area contributed by atoms with Gasteiger partial charge in [-0.25, -0.2) is 9.37 Å². The molecule has 1 aromatic carbocycles. The number of imide groups is 1. The highest BCUT2D eigenvalue weighted by Gasteiger charge is 2.53. The van der Waals surface area contributed by atoms with Gasteiger partial charge in [-0.15, -0.1) is 0 Å². The third kappa shape index (κ3) is 3.30. The van der Waals surface area contributed by atoms with Gasteiger partial charge in [-0.2, -0.15) is 0 Å². The fraction of sp³-hybridized carbons (Fsp3) is 0.312. The van der Waals surface area contributed by atoms with Crippen molar-refractivity contribution >= 4 is 60.2 Å². The molecule has 0 aromatic heterocycles. The average molecular weight is 471 g/mol. The second-order valence-corrected chi connectivity index (χ2v) is 7.49. The molecular formula is C16H15Br2N4O3+. The fourth-order valence-electron chi connectivity index (χ4n) is 2.80. The van der Waals surface area contributed by atoms with Crippen molar-refractivity contribution < 1.29 is 19.0 Å². The molecule has 3 rings (SSSR count). The number of nitrogens with zero attached hydrogens (tertiary/aromatic N) is 4. The van der Waals surface area contributed by atoms with Crippen LogP contribution in [0.25, 0.3) is 0 Å². The van der Waals surface area contributed by atoms with Gasteiger partial charge in [0.25, 0.3) is 17.8 Å². The lowest BCUT2D eigenvalue weighted by atomic mass is 10.1. The molecule has 2 heterocycles. The van der Waals surface area contributed by atoms with Crippen molar-refractivity contribution in [2.75, 3.05) is 13.6 Å². The lowest BCUT2D eigenvalue weighted by Gasteiger charge is -2.33. The van der Waals surface area contributed by atoms with Crippen molar-refractivity contribution in [2.24, 2.45) is 4.99 Å². The minimum absolute atomic E-state index is 0.0398. The Bertz CT molecular complexity index is 832. The van der Waals surface area contributed by atoms with E-state index in [1.54, 1.807) is 11.6 Å². The molecule has 1 atom stereocenters. The summed E-state index contributed by atoms with van der Waals surface area (Å²) in [7, 11) is 1.58. The van der Waals surface area contributed by atoms with Crippen LogP contribution in [-0.4, -0.2) is 62.3 Å². The molecule has 7 nitrogen and oxygen atoms in total. The number of fused-ring (bicyclic) bond motifs is 1. The zero-order valence-electron chi connectivity index (χ0n) is 13.6. The molecule has 0 aliphatic carbocycles. The normalized spacial score (nSPS) is 20.2. The van der Waals surface area contributed by atoms with E-state index in [1.165, 1.54) is 16.7 Å². The van der Waals surface area contributed by atoms with Crippen LogP contribution in [-0.2, 0) is 16.1 Å². The SMILES string of the molecule is CC(=O)C[N+]1=C(Br)N=C2C1C(=O)N(Cc1ccc(Br)cc1)C(=O)N2C. The molecule has 0 N–H and O–H groups in total. The Morgan fingerprint density at radius 2 is 1.88 bits per heavy atom. The third-order valence-electron chi connectivity index (χ3n) is 4.01. The number of carbonyl (C=O) groups is 3. The summed E-state index contributed by atoms with van der Waals surface area (Å²) in [6.07, 6.45) is 0. The number of benzene rings is 1. The second kappa shape index (κ2) is 6.80. The molecule has 130 valence electrons. The van der Waals surface area contributed by atoms with Crippen molar-refractivity contribution in [1.82, 2.24) is 9.80 Å². The number of likely N-dealkylation sites (N-methyl/N-ethyl adjacent to an activating group) is 1. The van der Waals surface area contributed by atoms with Crippen LogP contribution >= 0.6 is 31.9 Å². The smallest absolute Gasteiger partial charge is 0.296 e. The van der Waals surface area contributed by atoms with Crippen molar-refractivity contribution in [3.8, 4) is 0 Å². The zero-order valence-corrected chi connectivity index (χ0v) is 16.7. The molecule has 0 saturated carbocycles. The summed E-state index contributed by atoms with van der Waals surface area (Å²) in [5.74, 6) is -0.157. The van der Waals surface area contributed by atoms with Gasteiger partial charge < -0.3 is 0 Å². The van der Waals surface area contributed by atoms with Crippen LogP contribution in [0.3, 0.4) is 0 Å². The van der Waals surface area contributed by atoms with Crippen molar-refractivity contribution in [2.45, 2.75) is 19.5 Å². The van der Waals surface area contributed by atoms with Gasteiger partial charge in [0.15, 0.2) is 5.78 Å². The van der Waals surface area contributed by atoms with Crippen LogP contribution < -0.4 is 0 Å². The molecule has 0 spiro atoms. The highest BCUT2D eigenvalue weighted by atomic mass is 79.9. The molecule has 1 aromatic rings. The first-order chi connectivity index (χ1) is 11.8. The predicted molar refractivity (Wildman–Crippen MR) is 98.8 cm³/mol. The number of hydrogen-bond acceptors (Lipinski definition) is 4. The standard InChI is InChI=1S/C16H15Br2N4O3/c1-9(23)7-21-12-13(19-15(21)18)20(2)16(25)22(14(12)24)8-10-3-5-11(17)6-4-10/h3-6,12H,7-8H2,1-2H3/q+1. The van der Waals surface area contributed by atoms with E-state index in [0.29, 0.717) is 10.6 Å². The van der Waals surface area contributed by atoms with Crippen LogP contribution in [0, 0.1) is 0 Å². The Hall–Kier alpha value is -1.87. The van der Waals surface area contributed by atoms with Crippen molar-refractivity contribution in [1.29, 1.82) is 0 Å². The van der Waals surface area contributed by atoms with Crippen molar-refractivity contribution in [3.63, 3.8) is 0 Å². The zero-order chi connectivity index (χ0) is 18.3. The summed E-state index contributed by atoms with van der Waals surface area (Å²) in [5.41, 5.74) is 0.831. The summed E-state index contributed by atoms with van der Waals surface area (Å²) in [4.78, 5) is 43.9. The van der Waals surface area contributed by atoms with Gasteiger partial charge in [0.2, 0.25) is 0 Å². The number of amidine groups is 2. The van der Waals surface area contributed by atoms with Crippen LogP contribution in [0.2, 0.25) is 0 Å². The van der Waals surface area contributed by atoms with Gasteiger partial charge in [0, 0.05) is 11.5 Å². The maximum absolute atomic E-state index is 13.0. The maximum Gasteiger partial charge on any atom is 0.365 e. The summed E-state index contributed by atoms with van der Waals surface area (Å²) in [5, 5.41) is 0. The first-order valence-electron chi connectivity index (χ1n) is 7.50. The molecule has 1 unspecified atom stereocenters. The third-order valence-corrected chi connectivity index (χ3v) is 5.17. The van der Waals surface area contributed by atoms with E-state index in [1.807, 2.05) is 24.3 Å². The summed E-state index contributed by atoms with van der Waals surface area (Å²) < 4.78 is 2.86. The van der Waals surface area contributed by atoms with E-state index < -0.39 is 12.1 Å². The Morgan fingerprint density at radius 3 is 2.48 bits per heavy atom. The first-order valence-corrected chi connectivity index (χ1v) is 9.09. The average Bonchev–Trinajstić information content (AvgIpc) is 2.88. The number of halogens is 2. The van der Waals surface area contributed by atoms with Gasteiger partial charge in [-0.3, -0.25) is 19.4 Å². The molecule has 2 aliphatic heterocycles. The Labute approximate surface area is 161 Å². The minimum atomic E-state index is -0.781. The van der Waals surface area contributed by atoms with Gasteiger partial charge in [-0.1, -0.05) is 28.1 Å². The molecular weight excluding hydrogens is 456 g/mol. The van der Waals surface area contributed by atoms with Gasteiger partial charge in [0.1, 0.15) is 6.54 Å². The summed E-state index contributed by atoms with van der Waals surface area (Å²) >= 11 is 6.64. The quantitative estimate of drug-likeness (QED) is 0.498. The number of rotatable bonds is 4.